The molecule has 160 valence electrons. The molecule has 0 atom stereocenters. The van der Waals surface area contributed by atoms with Crippen LogP contribution in [0.1, 0.15) is 0 Å². The molecule has 1 aliphatic rings. The summed E-state index contributed by atoms with van der Waals surface area (Å²) in [4.78, 5) is 5.11. The summed E-state index contributed by atoms with van der Waals surface area (Å²) in [5, 5.41) is 11.8. The van der Waals surface area contributed by atoms with Crippen LogP contribution in [0.2, 0.25) is 0 Å². The molecule has 8 aromatic rings. The van der Waals surface area contributed by atoms with E-state index in [9.17, 15) is 0 Å². The Labute approximate surface area is 200 Å². The molecule has 1 aliphatic carbocycles. The SMILES string of the molecule is c1ccc2nc(-n3c4cccc5c4c4c6c(ccc7ccc8cccc-5c8c76)ccc43)ccc2c1. The quantitative estimate of drug-likeness (QED) is 0.232. The van der Waals surface area contributed by atoms with Crippen LogP contribution in [0, 0.1) is 0 Å². The van der Waals surface area contributed by atoms with Crippen LogP contribution in [-0.2, 0) is 0 Å². The van der Waals surface area contributed by atoms with E-state index in [1.54, 1.807) is 0 Å². The first-order chi connectivity index (χ1) is 17.4. The van der Waals surface area contributed by atoms with Gasteiger partial charge in [0.15, 0.2) is 0 Å². The van der Waals surface area contributed by atoms with E-state index in [0.717, 1.165) is 16.7 Å². The molecule has 0 saturated carbocycles. The normalized spacial score (nSPS) is 12.6. The van der Waals surface area contributed by atoms with Gasteiger partial charge < -0.3 is 0 Å². The van der Waals surface area contributed by atoms with Gasteiger partial charge in [-0.05, 0) is 68.4 Å². The highest BCUT2D eigenvalue weighted by molar-refractivity contribution is 6.38. The van der Waals surface area contributed by atoms with E-state index in [1.807, 2.05) is 0 Å². The predicted molar refractivity (Wildman–Crippen MR) is 148 cm³/mol. The first-order valence-electron chi connectivity index (χ1n) is 12.1. The number of rotatable bonds is 1. The summed E-state index contributed by atoms with van der Waals surface area (Å²) >= 11 is 0. The zero-order valence-electron chi connectivity index (χ0n) is 18.8. The number of para-hydroxylation sites is 1. The third-order valence-electron chi connectivity index (χ3n) is 7.86. The summed E-state index contributed by atoms with van der Waals surface area (Å²) in [6.07, 6.45) is 0. The van der Waals surface area contributed by atoms with Gasteiger partial charge in [-0.2, -0.15) is 0 Å². The predicted octanol–water partition coefficient (Wildman–Crippen LogP) is 8.77. The third kappa shape index (κ3) is 2.09. The third-order valence-corrected chi connectivity index (χ3v) is 7.86. The van der Waals surface area contributed by atoms with Crippen molar-refractivity contribution in [2.24, 2.45) is 0 Å². The van der Waals surface area contributed by atoms with Crippen molar-refractivity contribution < 1.29 is 0 Å². The number of aromatic nitrogens is 2. The van der Waals surface area contributed by atoms with Gasteiger partial charge in [0, 0.05) is 21.5 Å². The van der Waals surface area contributed by atoms with Gasteiger partial charge >= 0.3 is 0 Å². The Kier molecular flexibility index (Phi) is 3.07. The van der Waals surface area contributed by atoms with Crippen molar-refractivity contribution >= 4 is 65.0 Å². The minimum atomic E-state index is 0.958. The molecule has 0 unspecified atom stereocenters. The lowest BCUT2D eigenvalue weighted by Gasteiger charge is -2.13. The van der Waals surface area contributed by atoms with E-state index >= 15 is 0 Å². The number of hydrogen-bond acceptors (Lipinski definition) is 1. The Morgan fingerprint density at radius 3 is 1.86 bits per heavy atom. The van der Waals surface area contributed by atoms with Gasteiger partial charge in [0.1, 0.15) is 5.82 Å². The van der Waals surface area contributed by atoms with Gasteiger partial charge in [-0.3, -0.25) is 4.57 Å². The second kappa shape index (κ2) is 6.05. The Bertz CT molecular complexity index is 2210. The second-order valence-corrected chi connectivity index (χ2v) is 9.59. The standard InChI is InChI=1S/C33H18N2/c1-2-9-25-19(5-1)16-18-28(34-25)35-26-10-4-8-24-23-7-3-6-20-11-12-21-13-14-22-15-17-27(35)33(32(24)26)31(22)30(21)29(20)23/h1-18H. The molecule has 0 aliphatic heterocycles. The zero-order valence-corrected chi connectivity index (χ0v) is 18.8. The van der Waals surface area contributed by atoms with Crippen LogP contribution in [0.15, 0.2) is 109 Å². The summed E-state index contributed by atoms with van der Waals surface area (Å²) in [7, 11) is 0. The summed E-state index contributed by atoms with van der Waals surface area (Å²) in [6.45, 7) is 0. The molecule has 35 heavy (non-hydrogen) atoms. The van der Waals surface area contributed by atoms with Crippen LogP contribution in [0.25, 0.3) is 82.0 Å². The smallest absolute Gasteiger partial charge is 0.138 e. The molecule has 2 heteroatoms. The average Bonchev–Trinajstić information content (AvgIpc) is 3.19. The molecule has 0 radical (unpaired) electrons. The average molecular weight is 443 g/mol. The van der Waals surface area contributed by atoms with Gasteiger partial charge in [0.25, 0.3) is 0 Å². The van der Waals surface area contributed by atoms with E-state index in [-0.39, 0.29) is 0 Å². The number of hydrogen-bond donors (Lipinski definition) is 0. The second-order valence-electron chi connectivity index (χ2n) is 9.59. The molecule has 0 bridgehead atoms. The van der Waals surface area contributed by atoms with Gasteiger partial charge in [-0.15, -0.1) is 0 Å². The minimum Gasteiger partial charge on any atom is -0.294 e. The van der Waals surface area contributed by atoms with Crippen molar-refractivity contribution in [1.82, 2.24) is 9.55 Å². The first kappa shape index (κ1) is 17.7. The largest absolute Gasteiger partial charge is 0.294 e. The van der Waals surface area contributed by atoms with Crippen molar-refractivity contribution in [3.63, 3.8) is 0 Å². The molecule has 2 heterocycles. The number of pyridine rings is 1. The van der Waals surface area contributed by atoms with E-state index < -0.39 is 0 Å². The summed E-state index contributed by atoms with van der Waals surface area (Å²) < 4.78 is 2.35. The highest BCUT2D eigenvalue weighted by Crippen LogP contribution is 2.49. The van der Waals surface area contributed by atoms with Gasteiger partial charge in [0.05, 0.1) is 16.6 Å². The van der Waals surface area contributed by atoms with Crippen LogP contribution in [0.3, 0.4) is 0 Å². The van der Waals surface area contributed by atoms with Crippen LogP contribution >= 0.6 is 0 Å². The Morgan fingerprint density at radius 2 is 1.00 bits per heavy atom. The van der Waals surface area contributed by atoms with Crippen molar-refractivity contribution in [2.45, 2.75) is 0 Å². The fraction of sp³-hybridized carbons (Fsp3) is 0. The monoisotopic (exact) mass is 442 g/mol. The van der Waals surface area contributed by atoms with Crippen LogP contribution < -0.4 is 0 Å². The lowest BCUT2D eigenvalue weighted by Crippen LogP contribution is -1.98. The highest BCUT2D eigenvalue weighted by Gasteiger charge is 2.24. The summed E-state index contributed by atoms with van der Waals surface area (Å²) in [6, 6.07) is 39.8. The molecular weight excluding hydrogens is 424 g/mol. The van der Waals surface area contributed by atoms with E-state index in [2.05, 4.69) is 114 Å². The maximum absolute atomic E-state index is 5.11. The number of nitrogens with zero attached hydrogens (tertiary/aromatic N) is 2. The van der Waals surface area contributed by atoms with E-state index in [0.29, 0.717) is 0 Å². The Morgan fingerprint density at radius 1 is 0.400 bits per heavy atom. The first-order valence-corrected chi connectivity index (χ1v) is 12.1. The van der Waals surface area contributed by atoms with Crippen LogP contribution in [0.5, 0.6) is 0 Å². The maximum Gasteiger partial charge on any atom is 0.138 e. The van der Waals surface area contributed by atoms with Crippen LogP contribution in [0.4, 0.5) is 0 Å². The Balaban J connectivity index is 1.60. The van der Waals surface area contributed by atoms with E-state index in [4.69, 9.17) is 4.98 Å². The summed E-state index contributed by atoms with van der Waals surface area (Å²) in [5.74, 6) is 0.958. The highest BCUT2D eigenvalue weighted by atomic mass is 15.1. The maximum atomic E-state index is 5.11. The molecule has 0 spiro atoms. The molecule has 0 amide bonds. The van der Waals surface area contributed by atoms with Crippen molar-refractivity contribution in [1.29, 1.82) is 0 Å². The molecule has 9 rings (SSSR count). The molecule has 2 aromatic heterocycles. The fourth-order valence-electron chi connectivity index (χ4n) is 6.43. The van der Waals surface area contributed by atoms with Crippen molar-refractivity contribution in [3.05, 3.63) is 109 Å². The topological polar surface area (TPSA) is 17.8 Å². The zero-order chi connectivity index (χ0) is 22.7. The fourth-order valence-corrected chi connectivity index (χ4v) is 6.43. The van der Waals surface area contributed by atoms with E-state index in [1.165, 1.54) is 65.3 Å². The number of fused-ring (bicyclic) bond motifs is 2. The molecule has 0 N–H and O–H groups in total. The Hall–Kier alpha value is -4.69. The van der Waals surface area contributed by atoms with Gasteiger partial charge in [-0.1, -0.05) is 78.9 Å². The molecule has 0 fully saturated rings. The molecule has 6 aromatic carbocycles. The lowest BCUT2D eigenvalue weighted by molar-refractivity contribution is 1.10. The summed E-state index contributed by atoms with van der Waals surface area (Å²) in [5.41, 5.74) is 6.04. The molecule has 0 saturated heterocycles. The molecule has 2 nitrogen and oxygen atoms in total. The lowest BCUT2D eigenvalue weighted by atomic mass is 9.93. The molecular formula is C33H18N2. The van der Waals surface area contributed by atoms with Crippen molar-refractivity contribution in [3.8, 4) is 16.9 Å². The number of benzene rings is 6. The minimum absolute atomic E-state index is 0.958. The van der Waals surface area contributed by atoms with Crippen LogP contribution in [-0.4, -0.2) is 9.55 Å². The van der Waals surface area contributed by atoms with Gasteiger partial charge in [0.2, 0.25) is 0 Å². The van der Waals surface area contributed by atoms with Gasteiger partial charge in [-0.25, -0.2) is 4.98 Å². The van der Waals surface area contributed by atoms with Crippen molar-refractivity contribution in [2.75, 3.05) is 0 Å².